The van der Waals surface area contributed by atoms with Crippen LogP contribution in [0.3, 0.4) is 0 Å². The second-order valence-electron chi connectivity index (χ2n) is 3.42. The van der Waals surface area contributed by atoms with Crippen molar-refractivity contribution >= 4 is 5.65 Å². The van der Waals surface area contributed by atoms with Crippen LogP contribution >= 0.6 is 0 Å². The molecule has 0 fully saturated rings. The molecule has 0 atom stereocenters. The van der Waals surface area contributed by atoms with E-state index >= 15 is 0 Å². The summed E-state index contributed by atoms with van der Waals surface area (Å²) in [7, 11) is 0. The van der Waals surface area contributed by atoms with Gasteiger partial charge in [0, 0.05) is 37.1 Å². The van der Waals surface area contributed by atoms with Gasteiger partial charge in [0.25, 0.3) is 0 Å². The van der Waals surface area contributed by atoms with E-state index in [-0.39, 0.29) is 0 Å². The minimum absolute atomic E-state index is 0.945. The molecule has 0 aliphatic rings. The Balaban J connectivity index is 2.23. The number of hydrogen-bond donors (Lipinski definition) is 0. The molecule has 15 heavy (non-hydrogen) atoms. The van der Waals surface area contributed by atoms with Gasteiger partial charge in [-0.2, -0.15) is 0 Å². The molecular formula is C11H10N4. The van der Waals surface area contributed by atoms with Crippen molar-refractivity contribution in [3.05, 3.63) is 48.9 Å². The van der Waals surface area contributed by atoms with E-state index in [4.69, 9.17) is 0 Å². The Morgan fingerprint density at radius 2 is 1.93 bits per heavy atom. The first-order valence-corrected chi connectivity index (χ1v) is 4.78. The van der Waals surface area contributed by atoms with E-state index in [1.165, 1.54) is 0 Å². The molecule has 0 spiro atoms. The number of nitrogens with zero attached hydrogens (tertiary/aromatic N) is 4. The van der Waals surface area contributed by atoms with Gasteiger partial charge in [0.2, 0.25) is 0 Å². The third kappa shape index (κ3) is 1.22. The maximum absolute atomic E-state index is 4.25. The van der Waals surface area contributed by atoms with Gasteiger partial charge in [-0.15, -0.1) is 0 Å². The molecule has 0 saturated heterocycles. The SMILES string of the molecule is Cc1nccn1-c1ccn2ccnc2c1. The summed E-state index contributed by atoms with van der Waals surface area (Å²) in [5, 5.41) is 0. The van der Waals surface area contributed by atoms with Crippen molar-refractivity contribution in [3.63, 3.8) is 0 Å². The first-order chi connectivity index (χ1) is 7.34. The van der Waals surface area contributed by atoms with Crippen molar-refractivity contribution in [2.45, 2.75) is 6.92 Å². The van der Waals surface area contributed by atoms with Crippen LogP contribution in [0.4, 0.5) is 0 Å². The van der Waals surface area contributed by atoms with E-state index in [2.05, 4.69) is 9.97 Å². The zero-order chi connectivity index (χ0) is 10.3. The average Bonchev–Trinajstić information content (AvgIpc) is 2.84. The van der Waals surface area contributed by atoms with Gasteiger partial charge >= 0.3 is 0 Å². The third-order valence-electron chi connectivity index (χ3n) is 2.49. The maximum Gasteiger partial charge on any atom is 0.138 e. The van der Waals surface area contributed by atoms with Crippen molar-refractivity contribution in [2.75, 3.05) is 0 Å². The quantitative estimate of drug-likeness (QED) is 0.598. The standard InChI is InChI=1S/C11H10N4/c1-9-12-4-7-15(9)10-2-5-14-6-3-13-11(14)8-10/h2-8H,1H3. The van der Waals surface area contributed by atoms with Crippen LogP contribution in [0.15, 0.2) is 43.1 Å². The number of imidazole rings is 2. The Morgan fingerprint density at radius 3 is 2.73 bits per heavy atom. The molecule has 0 saturated carbocycles. The molecular weight excluding hydrogens is 188 g/mol. The molecule has 0 aromatic carbocycles. The van der Waals surface area contributed by atoms with Crippen molar-refractivity contribution in [3.8, 4) is 5.69 Å². The van der Waals surface area contributed by atoms with E-state index in [0.717, 1.165) is 17.2 Å². The van der Waals surface area contributed by atoms with Gasteiger partial charge in [0.05, 0.1) is 5.69 Å². The van der Waals surface area contributed by atoms with Crippen LogP contribution in [0, 0.1) is 6.92 Å². The largest absolute Gasteiger partial charge is 0.307 e. The van der Waals surface area contributed by atoms with Crippen LogP contribution in [0.5, 0.6) is 0 Å². The van der Waals surface area contributed by atoms with Crippen LogP contribution in [0.25, 0.3) is 11.3 Å². The summed E-state index contributed by atoms with van der Waals surface area (Å²) < 4.78 is 4.02. The van der Waals surface area contributed by atoms with E-state index in [9.17, 15) is 0 Å². The van der Waals surface area contributed by atoms with Crippen molar-refractivity contribution < 1.29 is 0 Å². The van der Waals surface area contributed by atoms with E-state index in [1.54, 1.807) is 12.4 Å². The Hall–Kier alpha value is -2.10. The molecule has 4 nitrogen and oxygen atoms in total. The fourth-order valence-corrected chi connectivity index (χ4v) is 1.70. The summed E-state index contributed by atoms with van der Waals surface area (Å²) in [4.78, 5) is 8.44. The van der Waals surface area contributed by atoms with E-state index in [1.807, 2.05) is 46.6 Å². The predicted octanol–water partition coefficient (Wildman–Crippen LogP) is 1.83. The lowest BCUT2D eigenvalue weighted by atomic mass is 10.4. The molecule has 74 valence electrons. The highest BCUT2D eigenvalue weighted by Crippen LogP contribution is 2.12. The summed E-state index contributed by atoms with van der Waals surface area (Å²) in [5.74, 6) is 0.978. The second-order valence-corrected chi connectivity index (χ2v) is 3.42. The first kappa shape index (κ1) is 8.23. The fourth-order valence-electron chi connectivity index (χ4n) is 1.70. The lowest BCUT2D eigenvalue weighted by Gasteiger charge is -2.04. The molecule has 0 N–H and O–H groups in total. The number of aryl methyl sites for hydroxylation is 1. The van der Waals surface area contributed by atoms with Gasteiger partial charge in [0.15, 0.2) is 0 Å². The van der Waals surface area contributed by atoms with Crippen LogP contribution in [-0.4, -0.2) is 18.9 Å². The molecule has 0 radical (unpaired) electrons. The van der Waals surface area contributed by atoms with Gasteiger partial charge in [-0.05, 0) is 13.0 Å². The highest BCUT2D eigenvalue weighted by atomic mass is 15.1. The van der Waals surface area contributed by atoms with Gasteiger partial charge < -0.3 is 8.97 Å². The fraction of sp³-hybridized carbons (Fsp3) is 0.0909. The molecule has 4 heteroatoms. The number of rotatable bonds is 1. The summed E-state index contributed by atoms with van der Waals surface area (Å²) in [6.45, 7) is 1.98. The maximum atomic E-state index is 4.25. The number of pyridine rings is 1. The molecule has 0 unspecified atom stereocenters. The molecule has 3 aromatic heterocycles. The monoisotopic (exact) mass is 198 g/mol. The normalized spacial score (nSPS) is 11.0. The number of hydrogen-bond acceptors (Lipinski definition) is 2. The number of fused-ring (bicyclic) bond motifs is 1. The summed E-state index contributed by atoms with van der Waals surface area (Å²) in [6, 6.07) is 4.08. The predicted molar refractivity (Wildman–Crippen MR) is 57.1 cm³/mol. The van der Waals surface area contributed by atoms with Crippen molar-refractivity contribution in [1.29, 1.82) is 0 Å². The van der Waals surface area contributed by atoms with Crippen LogP contribution < -0.4 is 0 Å². The van der Waals surface area contributed by atoms with Crippen LogP contribution in [0.2, 0.25) is 0 Å². The molecule has 3 heterocycles. The Bertz CT molecular complexity index is 606. The zero-order valence-electron chi connectivity index (χ0n) is 8.33. The third-order valence-corrected chi connectivity index (χ3v) is 2.49. The molecule has 3 rings (SSSR count). The highest BCUT2D eigenvalue weighted by Gasteiger charge is 2.01. The number of aromatic nitrogens is 4. The molecule has 0 bridgehead atoms. The van der Waals surface area contributed by atoms with Gasteiger partial charge in [-0.3, -0.25) is 0 Å². The first-order valence-electron chi connectivity index (χ1n) is 4.78. The summed E-state index contributed by atoms with van der Waals surface area (Å²) in [6.07, 6.45) is 9.46. The second kappa shape index (κ2) is 2.95. The molecule has 0 aliphatic carbocycles. The Morgan fingerprint density at radius 1 is 1.07 bits per heavy atom. The van der Waals surface area contributed by atoms with Gasteiger partial charge in [0.1, 0.15) is 11.5 Å². The topological polar surface area (TPSA) is 35.1 Å². The van der Waals surface area contributed by atoms with Crippen LogP contribution in [-0.2, 0) is 0 Å². The Kier molecular flexibility index (Phi) is 1.62. The van der Waals surface area contributed by atoms with E-state index < -0.39 is 0 Å². The minimum atomic E-state index is 0.945. The van der Waals surface area contributed by atoms with Gasteiger partial charge in [-0.1, -0.05) is 0 Å². The lowest BCUT2D eigenvalue weighted by Crippen LogP contribution is -1.96. The van der Waals surface area contributed by atoms with Crippen molar-refractivity contribution in [1.82, 2.24) is 18.9 Å². The summed E-state index contributed by atoms with van der Waals surface area (Å²) >= 11 is 0. The zero-order valence-corrected chi connectivity index (χ0v) is 8.33. The molecule has 0 aliphatic heterocycles. The average molecular weight is 198 g/mol. The molecule has 0 amide bonds. The minimum Gasteiger partial charge on any atom is -0.307 e. The van der Waals surface area contributed by atoms with Crippen LogP contribution in [0.1, 0.15) is 5.82 Å². The van der Waals surface area contributed by atoms with Crippen molar-refractivity contribution in [2.24, 2.45) is 0 Å². The molecule has 3 aromatic rings. The summed E-state index contributed by atoms with van der Waals surface area (Å²) in [5.41, 5.74) is 2.03. The lowest BCUT2D eigenvalue weighted by molar-refractivity contribution is 0.968. The smallest absolute Gasteiger partial charge is 0.138 e. The van der Waals surface area contributed by atoms with E-state index in [0.29, 0.717) is 0 Å². The highest BCUT2D eigenvalue weighted by molar-refractivity contribution is 5.48. The Labute approximate surface area is 86.8 Å². The van der Waals surface area contributed by atoms with Gasteiger partial charge in [-0.25, -0.2) is 9.97 Å².